The van der Waals surface area contributed by atoms with Gasteiger partial charge in [0.25, 0.3) is 11.6 Å². The molecule has 0 radical (unpaired) electrons. The average Bonchev–Trinajstić information content (AvgIpc) is 2.50. The van der Waals surface area contributed by atoms with Crippen molar-refractivity contribution in [1.29, 1.82) is 0 Å². The lowest BCUT2D eigenvalue weighted by atomic mass is 10.1. The van der Waals surface area contributed by atoms with Gasteiger partial charge >= 0.3 is 0 Å². The highest BCUT2D eigenvalue weighted by atomic mass is 79.9. The van der Waals surface area contributed by atoms with E-state index in [-0.39, 0.29) is 22.5 Å². The van der Waals surface area contributed by atoms with E-state index in [9.17, 15) is 14.9 Å². The fraction of sp³-hybridized carbons (Fsp3) is 0.188. The van der Waals surface area contributed by atoms with E-state index in [2.05, 4.69) is 21.2 Å². The molecule has 6 nitrogen and oxygen atoms in total. The van der Waals surface area contributed by atoms with E-state index in [1.807, 2.05) is 13.8 Å². The largest absolute Gasteiger partial charge is 0.490 e. The van der Waals surface area contributed by atoms with Crippen molar-refractivity contribution < 1.29 is 14.5 Å². The summed E-state index contributed by atoms with van der Waals surface area (Å²) in [6, 6.07) is 9.14. The smallest absolute Gasteiger partial charge is 0.289 e. The van der Waals surface area contributed by atoms with Crippen molar-refractivity contribution in [3.63, 3.8) is 0 Å². The molecule has 2 aromatic rings. The van der Waals surface area contributed by atoms with Crippen molar-refractivity contribution in [2.75, 3.05) is 5.32 Å². The fourth-order valence-electron chi connectivity index (χ4n) is 1.97. The first-order valence-electron chi connectivity index (χ1n) is 6.99. The molecule has 0 atom stereocenters. The number of amides is 1. The summed E-state index contributed by atoms with van der Waals surface area (Å²) in [7, 11) is 0. The molecule has 0 heterocycles. The number of hydrogen-bond acceptors (Lipinski definition) is 4. The van der Waals surface area contributed by atoms with E-state index >= 15 is 0 Å². The Morgan fingerprint density at radius 1 is 1.29 bits per heavy atom. The van der Waals surface area contributed by atoms with E-state index in [4.69, 9.17) is 16.3 Å². The van der Waals surface area contributed by atoms with Crippen LogP contribution in [0.2, 0.25) is 5.02 Å². The molecule has 0 unspecified atom stereocenters. The standard InChI is InChI=1S/C16H14BrClN2O4/c1-9(2)24-15-6-3-10(17)7-12(15)16(21)19-11-4-5-13(18)14(8-11)20(22)23/h3-9H,1-2H3,(H,19,21). The van der Waals surface area contributed by atoms with E-state index in [1.165, 1.54) is 18.2 Å². The second-order valence-electron chi connectivity index (χ2n) is 5.18. The van der Waals surface area contributed by atoms with Gasteiger partial charge in [-0.25, -0.2) is 0 Å². The van der Waals surface area contributed by atoms with Crippen LogP contribution >= 0.6 is 27.5 Å². The zero-order valence-electron chi connectivity index (χ0n) is 12.9. The maximum atomic E-state index is 12.5. The van der Waals surface area contributed by atoms with Crippen LogP contribution < -0.4 is 10.1 Å². The van der Waals surface area contributed by atoms with Gasteiger partial charge in [-0.15, -0.1) is 0 Å². The summed E-state index contributed by atoms with van der Waals surface area (Å²) in [5.74, 6) is -0.0160. The first-order valence-corrected chi connectivity index (χ1v) is 8.16. The molecular weight excluding hydrogens is 400 g/mol. The van der Waals surface area contributed by atoms with Gasteiger partial charge in [-0.2, -0.15) is 0 Å². The third-order valence-electron chi connectivity index (χ3n) is 2.95. The Labute approximate surface area is 152 Å². The molecule has 1 N–H and O–H groups in total. The molecule has 0 aliphatic rings. The molecule has 0 saturated carbocycles. The maximum absolute atomic E-state index is 12.5. The van der Waals surface area contributed by atoms with Crippen LogP contribution in [0.15, 0.2) is 40.9 Å². The first kappa shape index (κ1) is 18.2. The predicted molar refractivity (Wildman–Crippen MR) is 96.0 cm³/mol. The lowest BCUT2D eigenvalue weighted by molar-refractivity contribution is -0.384. The minimum atomic E-state index is -0.607. The molecular formula is C16H14BrClN2O4. The molecule has 0 fully saturated rings. The van der Waals surface area contributed by atoms with Gasteiger partial charge in [-0.1, -0.05) is 27.5 Å². The van der Waals surface area contributed by atoms with Crippen LogP contribution in [0, 0.1) is 10.1 Å². The van der Waals surface area contributed by atoms with Crippen LogP contribution in [0.1, 0.15) is 24.2 Å². The second kappa shape index (κ2) is 7.63. The number of ether oxygens (including phenoxy) is 1. The SMILES string of the molecule is CC(C)Oc1ccc(Br)cc1C(=O)Nc1ccc(Cl)c([N+](=O)[O-])c1. The van der Waals surface area contributed by atoms with Crippen molar-refractivity contribution in [3.8, 4) is 5.75 Å². The quantitative estimate of drug-likeness (QED) is 0.549. The van der Waals surface area contributed by atoms with Crippen molar-refractivity contribution in [2.45, 2.75) is 20.0 Å². The summed E-state index contributed by atoms with van der Waals surface area (Å²) in [5.41, 5.74) is 0.310. The number of halogens is 2. The Bertz CT molecular complexity index is 796. The summed E-state index contributed by atoms with van der Waals surface area (Å²) in [4.78, 5) is 22.8. The minimum absolute atomic E-state index is 0.00397. The molecule has 0 saturated heterocycles. The van der Waals surface area contributed by atoms with Crippen LogP contribution in [-0.2, 0) is 0 Å². The zero-order valence-corrected chi connectivity index (χ0v) is 15.2. The van der Waals surface area contributed by atoms with Crippen molar-refractivity contribution in [3.05, 3.63) is 61.6 Å². The number of hydrogen-bond donors (Lipinski definition) is 1. The number of nitro groups is 1. The van der Waals surface area contributed by atoms with Crippen LogP contribution in [0.5, 0.6) is 5.75 Å². The molecule has 24 heavy (non-hydrogen) atoms. The number of nitrogens with zero attached hydrogens (tertiary/aromatic N) is 1. The topological polar surface area (TPSA) is 81.5 Å². The number of benzene rings is 2. The number of nitro benzene ring substituents is 1. The third kappa shape index (κ3) is 4.46. The maximum Gasteiger partial charge on any atom is 0.289 e. The highest BCUT2D eigenvalue weighted by Crippen LogP contribution is 2.29. The Hall–Kier alpha value is -2.12. The lowest BCUT2D eigenvalue weighted by Crippen LogP contribution is -2.16. The van der Waals surface area contributed by atoms with Gasteiger partial charge in [0.1, 0.15) is 10.8 Å². The molecule has 0 aliphatic carbocycles. The molecule has 2 rings (SSSR count). The number of carbonyl (C=O) groups excluding carboxylic acids is 1. The van der Waals surface area contributed by atoms with Gasteiger partial charge in [-0.3, -0.25) is 14.9 Å². The zero-order chi connectivity index (χ0) is 17.9. The molecule has 8 heteroatoms. The van der Waals surface area contributed by atoms with E-state index < -0.39 is 10.8 Å². The number of nitrogens with one attached hydrogen (secondary N) is 1. The van der Waals surface area contributed by atoms with Crippen LogP contribution in [0.3, 0.4) is 0 Å². The molecule has 0 aliphatic heterocycles. The lowest BCUT2D eigenvalue weighted by Gasteiger charge is -2.14. The second-order valence-corrected chi connectivity index (χ2v) is 6.51. The first-order chi connectivity index (χ1) is 11.3. The summed E-state index contributed by atoms with van der Waals surface area (Å²) in [6.45, 7) is 3.71. The third-order valence-corrected chi connectivity index (χ3v) is 3.76. The van der Waals surface area contributed by atoms with Gasteiger partial charge < -0.3 is 10.1 Å². The highest BCUT2D eigenvalue weighted by molar-refractivity contribution is 9.10. The molecule has 0 spiro atoms. The summed E-state index contributed by atoms with van der Waals surface area (Å²) in [6.07, 6.45) is -0.102. The number of carbonyl (C=O) groups is 1. The number of rotatable bonds is 5. The highest BCUT2D eigenvalue weighted by Gasteiger charge is 2.17. The Morgan fingerprint density at radius 3 is 2.62 bits per heavy atom. The molecule has 0 aromatic heterocycles. The predicted octanol–water partition coefficient (Wildman–Crippen LogP) is 5.05. The van der Waals surface area contributed by atoms with Gasteiger partial charge in [0.2, 0.25) is 0 Å². The molecule has 2 aromatic carbocycles. The summed E-state index contributed by atoms with van der Waals surface area (Å²) < 4.78 is 6.34. The van der Waals surface area contributed by atoms with E-state index in [0.717, 1.165) is 0 Å². The molecule has 126 valence electrons. The average molecular weight is 414 g/mol. The number of anilines is 1. The molecule has 1 amide bonds. The Kier molecular flexibility index (Phi) is 5.80. The van der Waals surface area contributed by atoms with Crippen LogP contribution in [0.25, 0.3) is 0 Å². The molecule has 0 bridgehead atoms. The summed E-state index contributed by atoms with van der Waals surface area (Å²) >= 11 is 9.08. The van der Waals surface area contributed by atoms with E-state index in [1.54, 1.807) is 18.2 Å². The Morgan fingerprint density at radius 2 is 2.00 bits per heavy atom. The van der Waals surface area contributed by atoms with Crippen molar-refractivity contribution in [1.82, 2.24) is 0 Å². The monoisotopic (exact) mass is 412 g/mol. The van der Waals surface area contributed by atoms with Gasteiger partial charge in [-0.05, 0) is 44.2 Å². The summed E-state index contributed by atoms with van der Waals surface area (Å²) in [5, 5.41) is 13.6. The van der Waals surface area contributed by atoms with Crippen LogP contribution in [-0.4, -0.2) is 16.9 Å². The Balaban J connectivity index is 2.32. The minimum Gasteiger partial charge on any atom is -0.490 e. The van der Waals surface area contributed by atoms with E-state index in [0.29, 0.717) is 15.8 Å². The van der Waals surface area contributed by atoms with Crippen molar-refractivity contribution in [2.24, 2.45) is 0 Å². The van der Waals surface area contributed by atoms with Crippen molar-refractivity contribution >= 4 is 44.8 Å². The normalized spacial score (nSPS) is 10.5. The fourth-order valence-corrected chi connectivity index (χ4v) is 2.51. The van der Waals surface area contributed by atoms with Crippen LogP contribution in [0.4, 0.5) is 11.4 Å². The van der Waals surface area contributed by atoms with Gasteiger partial charge in [0.05, 0.1) is 16.6 Å². The van der Waals surface area contributed by atoms with Gasteiger partial charge in [0, 0.05) is 16.2 Å². The van der Waals surface area contributed by atoms with Gasteiger partial charge in [0.15, 0.2) is 0 Å².